The molecule has 0 saturated carbocycles. The first-order valence-electron chi connectivity index (χ1n) is 10.6. The molecule has 3 rings (SSSR count). The average molecular weight is 425 g/mol. The predicted octanol–water partition coefficient (Wildman–Crippen LogP) is 4.24. The highest BCUT2D eigenvalue weighted by atomic mass is 16.6. The fourth-order valence-electron chi connectivity index (χ4n) is 3.28. The van der Waals surface area contributed by atoms with E-state index in [9.17, 15) is 4.79 Å². The molecule has 2 aromatic heterocycles. The smallest absolute Gasteiger partial charge is 0.408 e. The molecule has 0 aliphatic heterocycles. The minimum Gasteiger partial charge on any atom is -0.444 e. The lowest BCUT2D eigenvalue weighted by molar-refractivity contribution is 0.0506. The predicted molar refractivity (Wildman–Crippen MR) is 122 cm³/mol. The molecule has 166 valence electrons. The molecule has 2 N–H and O–H groups in total. The molecule has 0 aliphatic rings. The lowest BCUT2D eigenvalue weighted by Crippen LogP contribution is -2.37. The highest BCUT2D eigenvalue weighted by Crippen LogP contribution is 2.21. The summed E-state index contributed by atoms with van der Waals surface area (Å²) in [6, 6.07) is 9.46. The van der Waals surface area contributed by atoms with Crippen LogP contribution in [0.5, 0.6) is 0 Å². The van der Waals surface area contributed by atoms with Gasteiger partial charge in [-0.2, -0.15) is 10.1 Å². The Balaban J connectivity index is 1.83. The summed E-state index contributed by atoms with van der Waals surface area (Å²) in [5, 5.41) is 11.6. The third kappa shape index (κ3) is 6.16. The van der Waals surface area contributed by atoms with E-state index >= 15 is 0 Å². The van der Waals surface area contributed by atoms with Crippen LogP contribution in [0.25, 0.3) is 11.0 Å². The average Bonchev–Trinajstić information content (AvgIpc) is 3.05. The van der Waals surface area contributed by atoms with Crippen molar-refractivity contribution in [3.63, 3.8) is 0 Å². The first kappa shape index (κ1) is 22.5. The van der Waals surface area contributed by atoms with Gasteiger partial charge in [0.2, 0.25) is 5.95 Å². The van der Waals surface area contributed by atoms with Gasteiger partial charge in [0.15, 0.2) is 5.65 Å². The Bertz CT molecular complexity index is 1020. The van der Waals surface area contributed by atoms with Crippen LogP contribution in [0.1, 0.15) is 51.9 Å². The van der Waals surface area contributed by atoms with Gasteiger partial charge >= 0.3 is 6.09 Å². The van der Waals surface area contributed by atoms with E-state index in [1.807, 2.05) is 64.3 Å². The molecule has 1 amide bonds. The molecule has 8 nitrogen and oxygen atoms in total. The van der Waals surface area contributed by atoms with Gasteiger partial charge in [-0.25, -0.2) is 9.78 Å². The Labute approximate surface area is 183 Å². The first-order valence-corrected chi connectivity index (χ1v) is 10.6. The highest BCUT2D eigenvalue weighted by molar-refractivity contribution is 5.78. The zero-order valence-electron chi connectivity index (χ0n) is 19.1. The van der Waals surface area contributed by atoms with Gasteiger partial charge in [-0.3, -0.25) is 4.68 Å². The molecule has 8 heteroatoms. The van der Waals surface area contributed by atoms with E-state index in [2.05, 4.69) is 34.6 Å². The van der Waals surface area contributed by atoms with Gasteiger partial charge in [0, 0.05) is 13.6 Å². The molecule has 31 heavy (non-hydrogen) atoms. The van der Waals surface area contributed by atoms with Crippen molar-refractivity contribution in [2.24, 2.45) is 13.0 Å². The third-order valence-electron chi connectivity index (χ3n) is 4.63. The number of alkyl carbamates (subject to hydrolysis) is 1. The second-order valence-electron chi connectivity index (χ2n) is 9.09. The molecule has 0 radical (unpaired) electrons. The minimum atomic E-state index is -0.571. The number of fused-ring (bicyclic) bond motifs is 1. The van der Waals surface area contributed by atoms with Crippen molar-refractivity contribution < 1.29 is 9.53 Å². The van der Waals surface area contributed by atoms with Crippen molar-refractivity contribution in [2.45, 2.75) is 52.7 Å². The lowest BCUT2D eigenvalue weighted by atomic mass is 10.1. The molecule has 1 aromatic carbocycles. The SMILES string of the molecule is CC(C)Cc1nc(NCC(NC(=O)OC(C)(C)C)c2ccccc2)nc2c1cnn2C. The number of hydrogen-bond acceptors (Lipinski definition) is 6. The van der Waals surface area contributed by atoms with Crippen molar-refractivity contribution in [1.29, 1.82) is 0 Å². The number of aryl methyl sites for hydroxylation is 1. The number of aromatic nitrogens is 4. The van der Waals surface area contributed by atoms with Crippen LogP contribution in [-0.4, -0.2) is 38.0 Å². The summed E-state index contributed by atoms with van der Waals surface area (Å²) in [5.41, 5.74) is 2.14. The maximum Gasteiger partial charge on any atom is 0.408 e. The van der Waals surface area contributed by atoms with Crippen LogP contribution in [0, 0.1) is 5.92 Å². The van der Waals surface area contributed by atoms with Gasteiger partial charge in [0.05, 0.1) is 23.3 Å². The Morgan fingerprint density at radius 3 is 2.52 bits per heavy atom. The monoisotopic (exact) mass is 424 g/mol. The molecule has 1 atom stereocenters. The summed E-state index contributed by atoms with van der Waals surface area (Å²) in [4.78, 5) is 21.8. The highest BCUT2D eigenvalue weighted by Gasteiger charge is 2.21. The van der Waals surface area contributed by atoms with Crippen LogP contribution >= 0.6 is 0 Å². The van der Waals surface area contributed by atoms with Gasteiger partial charge in [-0.1, -0.05) is 44.2 Å². The topological polar surface area (TPSA) is 94.0 Å². The summed E-state index contributed by atoms with van der Waals surface area (Å²) in [7, 11) is 1.87. The van der Waals surface area contributed by atoms with Gasteiger partial charge in [0.25, 0.3) is 0 Å². The van der Waals surface area contributed by atoms with Gasteiger partial charge in [-0.15, -0.1) is 0 Å². The van der Waals surface area contributed by atoms with Crippen LogP contribution in [0.3, 0.4) is 0 Å². The molecule has 0 aliphatic carbocycles. The normalized spacial score (nSPS) is 12.7. The summed E-state index contributed by atoms with van der Waals surface area (Å²) in [5.74, 6) is 0.968. The number of nitrogens with one attached hydrogen (secondary N) is 2. The van der Waals surface area contributed by atoms with E-state index in [0.29, 0.717) is 18.4 Å². The van der Waals surface area contributed by atoms with Crippen LogP contribution in [-0.2, 0) is 18.2 Å². The minimum absolute atomic E-state index is 0.310. The molecule has 3 aromatic rings. The molecule has 1 unspecified atom stereocenters. The number of anilines is 1. The van der Waals surface area contributed by atoms with Crippen LogP contribution in [0.2, 0.25) is 0 Å². The number of amides is 1. The van der Waals surface area contributed by atoms with Crippen molar-refractivity contribution in [2.75, 3.05) is 11.9 Å². The standard InChI is InChI=1S/C23H32N6O2/c1-15(2)12-18-17-13-25-29(6)20(17)28-21(26-18)24-14-19(16-10-8-7-9-11-16)27-22(30)31-23(3,4)5/h7-11,13,15,19H,12,14H2,1-6H3,(H,27,30)(H,24,26,28). The Kier molecular flexibility index (Phi) is 6.77. The van der Waals surface area contributed by atoms with E-state index < -0.39 is 11.7 Å². The zero-order chi connectivity index (χ0) is 22.6. The molecule has 0 bridgehead atoms. The van der Waals surface area contributed by atoms with Crippen molar-refractivity contribution in [3.05, 3.63) is 47.8 Å². The zero-order valence-corrected chi connectivity index (χ0v) is 19.1. The Hall–Kier alpha value is -3.16. The Morgan fingerprint density at radius 2 is 1.87 bits per heavy atom. The number of nitrogens with zero attached hydrogens (tertiary/aromatic N) is 4. The van der Waals surface area contributed by atoms with Crippen molar-refractivity contribution in [1.82, 2.24) is 25.1 Å². The van der Waals surface area contributed by atoms with Crippen LogP contribution in [0.4, 0.5) is 10.7 Å². The second kappa shape index (κ2) is 9.32. The number of benzene rings is 1. The number of ether oxygens (including phenoxy) is 1. The van der Waals surface area contributed by atoms with Crippen LogP contribution in [0.15, 0.2) is 36.5 Å². The second-order valence-corrected chi connectivity index (χ2v) is 9.09. The fraction of sp³-hybridized carbons (Fsp3) is 0.478. The fourth-order valence-corrected chi connectivity index (χ4v) is 3.28. The molecule has 0 saturated heterocycles. The lowest BCUT2D eigenvalue weighted by Gasteiger charge is -2.24. The number of hydrogen-bond donors (Lipinski definition) is 2. The Morgan fingerprint density at radius 1 is 1.16 bits per heavy atom. The van der Waals surface area contributed by atoms with E-state index in [1.165, 1.54) is 0 Å². The third-order valence-corrected chi connectivity index (χ3v) is 4.63. The molecule has 2 heterocycles. The molecular weight excluding hydrogens is 392 g/mol. The quantitative estimate of drug-likeness (QED) is 0.589. The largest absolute Gasteiger partial charge is 0.444 e. The molecule has 0 spiro atoms. The van der Waals surface area contributed by atoms with Gasteiger partial charge in [-0.05, 0) is 38.7 Å². The summed E-state index contributed by atoms with van der Waals surface area (Å²) in [6.45, 7) is 10.3. The number of carbonyl (C=O) groups is 1. The van der Waals surface area contributed by atoms with E-state index in [0.717, 1.165) is 28.7 Å². The number of rotatable bonds is 7. The van der Waals surface area contributed by atoms with Crippen LogP contribution < -0.4 is 10.6 Å². The van der Waals surface area contributed by atoms with E-state index in [1.54, 1.807) is 4.68 Å². The maximum atomic E-state index is 12.4. The first-order chi connectivity index (χ1) is 14.6. The van der Waals surface area contributed by atoms with E-state index in [4.69, 9.17) is 9.72 Å². The summed E-state index contributed by atoms with van der Waals surface area (Å²) >= 11 is 0. The maximum absolute atomic E-state index is 12.4. The summed E-state index contributed by atoms with van der Waals surface area (Å²) in [6.07, 6.45) is 2.18. The van der Waals surface area contributed by atoms with E-state index in [-0.39, 0.29) is 6.04 Å². The summed E-state index contributed by atoms with van der Waals surface area (Å²) < 4.78 is 7.20. The number of carbonyl (C=O) groups excluding carboxylic acids is 1. The van der Waals surface area contributed by atoms with Crippen molar-refractivity contribution in [3.8, 4) is 0 Å². The molecular formula is C23H32N6O2. The van der Waals surface area contributed by atoms with Crippen molar-refractivity contribution >= 4 is 23.1 Å². The molecule has 0 fully saturated rings. The van der Waals surface area contributed by atoms with Gasteiger partial charge < -0.3 is 15.4 Å². The van der Waals surface area contributed by atoms with Gasteiger partial charge in [0.1, 0.15) is 5.60 Å².